The number of carbonyl (C=O) groups is 6. The number of epoxide rings is 1. The van der Waals surface area contributed by atoms with Gasteiger partial charge >= 0.3 is 36.6 Å². The van der Waals surface area contributed by atoms with Crippen molar-refractivity contribution in [2.75, 3.05) is 26.4 Å². The fraction of sp³-hybridized carbons (Fsp3) is 0.786. The molecule has 18 nitrogen and oxygen atoms in total. The van der Waals surface area contributed by atoms with Gasteiger partial charge in [0.25, 0.3) is 0 Å². The minimum atomic E-state index is -0.995. The van der Waals surface area contributed by atoms with E-state index < -0.39 is 91.5 Å². The van der Waals surface area contributed by atoms with Gasteiger partial charge in [-0.05, 0) is 12.8 Å². The molecule has 0 N–H and O–H groups in total. The molecule has 5 aliphatic rings. The summed E-state index contributed by atoms with van der Waals surface area (Å²) >= 11 is 0. The Labute approximate surface area is 262 Å². The van der Waals surface area contributed by atoms with Crippen LogP contribution in [0.2, 0.25) is 0 Å². The van der Waals surface area contributed by atoms with Crippen molar-refractivity contribution in [3.63, 3.8) is 0 Å². The first-order valence-corrected chi connectivity index (χ1v) is 15.1. The summed E-state index contributed by atoms with van der Waals surface area (Å²) in [5.41, 5.74) is 0. The second-order valence-electron chi connectivity index (χ2n) is 11.2. The molecule has 5 rings (SSSR count). The van der Waals surface area contributed by atoms with Gasteiger partial charge in [0.15, 0.2) is 12.2 Å². The molecule has 46 heavy (non-hydrogen) atoms. The highest BCUT2D eigenvalue weighted by molar-refractivity contribution is 5.72. The monoisotopic (exact) mass is 660 g/mol. The first-order chi connectivity index (χ1) is 22.1. The molecule has 5 saturated heterocycles. The second-order valence-corrected chi connectivity index (χ2v) is 11.2. The van der Waals surface area contributed by atoms with E-state index in [1.165, 1.54) is 0 Å². The maximum Gasteiger partial charge on any atom is 0.509 e. The second kappa shape index (κ2) is 15.0. The van der Waals surface area contributed by atoms with Crippen LogP contribution in [0.15, 0.2) is 0 Å². The van der Waals surface area contributed by atoms with E-state index >= 15 is 0 Å². The summed E-state index contributed by atoms with van der Waals surface area (Å²) in [5.74, 6) is -1.50. The van der Waals surface area contributed by atoms with Crippen molar-refractivity contribution in [2.24, 2.45) is 0 Å². The molecule has 18 heteroatoms. The number of hydrogen-bond donors (Lipinski definition) is 0. The fourth-order valence-electron chi connectivity index (χ4n) is 5.37. The van der Waals surface area contributed by atoms with Crippen molar-refractivity contribution in [2.45, 2.75) is 113 Å². The highest BCUT2D eigenvalue weighted by Crippen LogP contribution is 2.30. The molecule has 5 aliphatic heterocycles. The zero-order valence-electron chi connectivity index (χ0n) is 25.2. The molecule has 0 amide bonds. The number of carbonyl (C=O) groups excluding carboxylic acids is 6. The lowest BCUT2D eigenvalue weighted by atomic mass is 10.00. The first kappa shape index (κ1) is 33.3. The van der Waals surface area contributed by atoms with Gasteiger partial charge in [0.1, 0.15) is 62.0 Å². The summed E-state index contributed by atoms with van der Waals surface area (Å²) < 4.78 is 62.5. The SMILES string of the molecule is CCC1OC(=O)OC1CC1OC(=O)OC1CC(=O)OCC(COC(=O)CC1OC(=O)OC1CC1OC(=O)OC1CC)OCC1CO1. The van der Waals surface area contributed by atoms with Crippen LogP contribution in [-0.4, -0.2) is 124 Å². The molecule has 5 fully saturated rings. The molecule has 0 spiro atoms. The van der Waals surface area contributed by atoms with Gasteiger partial charge in [-0.3, -0.25) is 9.59 Å². The third-order valence-electron chi connectivity index (χ3n) is 7.89. The van der Waals surface area contributed by atoms with E-state index in [4.69, 9.17) is 56.8 Å². The Morgan fingerprint density at radius 3 is 1.33 bits per heavy atom. The summed E-state index contributed by atoms with van der Waals surface area (Å²) in [6.07, 6.45) is -10.4. The summed E-state index contributed by atoms with van der Waals surface area (Å²) in [6, 6.07) is 0. The number of cyclic esters (lactones) is 8. The van der Waals surface area contributed by atoms with E-state index in [2.05, 4.69) is 0 Å². The third-order valence-corrected chi connectivity index (χ3v) is 7.89. The topological polar surface area (TPSA) is 216 Å². The number of hydrogen-bond acceptors (Lipinski definition) is 18. The van der Waals surface area contributed by atoms with Crippen molar-refractivity contribution in [1.82, 2.24) is 0 Å². The Bertz CT molecular complexity index is 1070. The lowest BCUT2D eigenvalue weighted by Crippen LogP contribution is -2.35. The highest BCUT2D eigenvalue weighted by atomic mass is 16.8. The molecular weight excluding hydrogens is 624 g/mol. The van der Waals surface area contributed by atoms with E-state index in [0.717, 1.165) is 0 Å². The molecule has 9 unspecified atom stereocenters. The van der Waals surface area contributed by atoms with Crippen LogP contribution in [0.3, 0.4) is 0 Å². The Balaban J connectivity index is 1.08. The normalized spacial score (nSPS) is 33.4. The number of esters is 2. The summed E-state index contributed by atoms with van der Waals surface area (Å²) in [5, 5.41) is 0. The van der Waals surface area contributed by atoms with E-state index in [0.29, 0.717) is 19.4 Å². The summed E-state index contributed by atoms with van der Waals surface area (Å²) in [6.45, 7) is 3.64. The van der Waals surface area contributed by atoms with Crippen LogP contribution in [0.4, 0.5) is 19.2 Å². The molecule has 5 heterocycles. The van der Waals surface area contributed by atoms with Crippen LogP contribution in [0.25, 0.3) is 0 Å². The van der Waals surface area contributed by atoms with Gasteiger partial charge in [-0.15, -0.1) is 0 Å². The van der Waals surface area contributed by atoms with Crippen molar-refractivity contribution < 1.29 is 85.6 Å². The maximum absolute atomic E-state index is 12.7. The van der Waals surface area contributed by atoms with Crippen molar-refractivity contribution >= 4 is 36.6 Å². The van der Waals surface area contributed by atoms with Gasteiger partial charge in [-0.2, -0.15) is 0 Å². The highest BCUT2D eigenvalue weighted by Gasteiger charge is 2.46. The molecular formula is C28H36O18. The zero-order valence-corrected chi connectivity index (χ0v) is 25.2. The van der Waals surface area contributed by atoms with Gasteiger partial charge in [0.05, 0.1) is 26.1 Å². The van der Waals surface area contributed by atoms with E-state index in [1.54, 1.807) is 13.8 Å². The average molecular weight is 661 g/mol. The third kappa shape index (κ3) is 9.02. The zero-order chi connectivity index (χ0) is 32.8. The molecule has 256 valence electrons. The molecule has 0 aliphatic carbocycles. The molecule has 9 atom stereocenters. The van der Waals surface area contributed by atoms with E-state index in [-0.39, 0.29) is 51.6 Å². The minimum absolute atomic E-state index is 0.0674. The quantitative estimate of drug-likeness (QED) is 0.123. The predicted molar refractivity (Wildman–Crippen MR) is 141 cm³/mol. The van der Waals surface area contributed by atoms with Gasteiger partial charge in [-0.1, -0.05) is 13.8 Å². The van der Waals surface area contributed by atoms with Gasteiger partial charge in [0.2, 0.25) is 0 Å². The van der Waals surface area contributed by atoms with Gasteiger partial charge in [-0.25, -0.2) is 19.2 Å². The van der Waals surface area contributed by atoms with Crippen LogP contribution < -0.4 is 0 Å². The van der Waals surface area contributed by atoms with Gasteiger partial charge < -0.3 is 56.8 Å². The molecule has 0 radical (unpaired) electrons. The molecule has 0 bridgehead atoms. The molecule has 0 saturated carbocycles. The minimum Gasteiger partial charge on any atom is -0.463 e. The molecule has 0 aromatic heterocycles. The largest absolute Gasteiger partial charge is 0.509 e. The maximum atomic E-state index is 12.7. The lowest BCUT2D eigenvalue weighted by molar-refractivity contribution is -0.157. The Hall–Kier alpha value is -4.06. The van der Waals surface area contributed by atoms with E-state index in [9.17, 15) is 28.8 Å². The van der Waals surface area contributed by atoms with Crippen LogP contribution in [-0.2, 0) is 66.4 Å². The average Bonchev–Trinajstić information content (AvgIpc) is 3.35. The predicted octanol–water partition coefficient (Wildman–Crippen LogP) is 1.85. The lowest BCUT2D eigenvalue weighted by Gasteiger charge is -2.21. The van der Waals surface area contributed by atoms with Crippen LogP contribution >= 0.6 is 0 Å². The van der Waals surface area contributed by atoms with E-state index in [1.807, 2.05) is 0 Å². The van der Waals surface area contributed by atoms with Crippen LogP contribution in [0.1, 0.15) is 52.4 Å². The Kier molecular flexibility index (Phi) is 10.9. The Morgan fingerprint density at radius 2 is 0.957 bits per heavy atom. The van der Waals surface area contributed by atoms with Crippen molar-refractivity contribution in [3.8, 4) is 0 Å². The van der Waals surface area contributed by atoms with Gasteiger partial charge in [0, 0.05) is 12.8 Å². The van der Waals surface area contributed by atoms with Crippen molar-refractivity contribution in [3.05, 3.63) is 0 Å². The van der Waals surface area contributed by atoms with Crippen LogP contribution in [0, 0.1) is 0 Å². The smallest absolute Gasteiger partial charge is 0.463 e. The summed E-state index contributed by atoms with van der Waals surface area (Å²) in [7, 11) is 0. The molecule has 0 aromatic rings. The van der Waals surface area contributed by atoms with Crippen LogP contribution in [0.5, 0.6) is 0 Å². The number of ether oxygens (including phenoxy) is 12. The molecule has 0 aromatic carbocycles. The Morgan fingerprint density at radius 1 is 0.609 bits per heavy atom. The number of rotatable bonds is 17. The fourth-order valence-corrected chi connectivity index (χ4v) is 5.37. The first-order valence-electron chi connectivity index (χ1n) is 15.1. The summed E-state index contributed by atoms with van der Waals surface area (Å²) in [4.78, 5) is 72.0. The van der Waals surface area contributed by atoms with Crippen molar-refractivity contribution in [1.29, 1.82) is 0 Å². The standard InChI is InChI=1S/C28H36O18/c1-3-15-17(41-25(31)39-15)5-19-21(45-27(33)43-19)7-23(29)37-11-14(36-10-13-9-35-13)12-38-24(30)8-22-20(44-28(34)46-22)6-18-16(4-2)40-26(32)42-18/h13-22H,3-12H2,1-2H3.